The molecule has 0 saturated heterocycles. The largest absolute Gasteiger partial charge is 0.357 e. The van der Waals surface area contributed by atoms with Gasteiger partial charge in [-0.15, -0.1) is 0 Å². The molecule has 0 aliphatic carbocycles. The average Bonchev–Trinajstić information content (AvgIpc) is 2.63. The van der Waals surface area contributed by atoms with Crippen molar-refractivity contribution >= 4 is 10.9 Å². The maximum atomic E-state index is 3.62. The first-order valence-electron chi connectivity index (χ1n) is 6.77. The van der Waals surface area contributed by atoms with Gasteiger partial charge in [0.15, 0.2) is 0 Å². The van der Waals surface area contributed by atoms with Gasteiger partial charge >= 0.3 is 0 Å². The van der Waals surface area contributed by atoms with Crippen molar-refractivity contribution in [1.29, 1.82) is 0 Å². The summed E-state index contributed by atoms with van der Waals surface area (Å²) in [6.07, 6.45) is 1.17. The van der Waals surface area contributed by atoms with E-state index in [9.17, 15) is 0 Å². The van der Waals surface area contributed by atoms with Crippen molar-refractivity contribution in [3.05, 3.63) is 35.0 Å². The molecule has 2 aromatic rings. The first-order valence-corrected chi connectivity index (χ1v) is 6.77. The minimum absolute atomic E-state index is 0.219. The second-order valence-electron chi connectivity index (χ2n) is 6.58. The van der Waals surface area contributed by atoms with Gasteiger partial charge in [0.1, 0.15) is 0 Å². The van der Waals surface area contributed by atoms with Crippen molar-refractivity contribution in [2.45, 2.75) is 39.2 Å². The summed E-state index contributed by atoms with van der Waals surface area (Å²) in [7, 11) is 2.19. The minimum Gasteiger partial charge on any atom is -0.357 e. The van der Waals surface area contributed by atoms with Crippen molar-refractivity contribution < 1.29 is 0 Å². The van der Waals surface area contributed by atoms with Crippen molar-refractivity contribution in [3.8, 4) is 0 Å². The normalized spacial score (nSPS) is 17.1. The molecule has 0 saturated carbocycles. The van der Waals surface area contributed by atoms with E-state index in [2.05, 4.69) is 55.9 Å². The number of likely N-dealkylation sites (N-methyl/N-ethyl adjacent to an activating group) is 1. The van der Waals surface area contributed by atoms with Crippen molar-refractivity contribution in [2.75, 3.05) is 13.6 Å². The second-order valence-corrected chi connectivity index (χ2v) is 6.58. The van der Waals surface area contributed by atoms with E-state index in [1.165, 1.54) is 40.7 Å². The summed E-state index contributed by atoms with van der Waals surface area (Å²) < 4.78 is 0. The fourth-order valence-electron chi connectivity index (χ4n) is 2.85. The molecule has 1 N–H and O–H groups in total. The van der Waals surface area contributed by atoms with Gasteiger partial charge in [-0.2, -0.15) is 0 Å². The van der Waals surface area contributed by atoms with E-state index in [0.717, 1.165) is 6.54 Å². The molecule has 0 bridgehead atoms. The number of benzene rings is 1. The van der Waals surface area contributed by atoms with Crippen LogP contribution in [0.15, 0.2) is 18.2 Å². The Labute approximate surface area is 109 Å². The predicted octanol–water partition coefficient (Wildman–Crippen LogP) is 3.45. The van der Waals surface area contributed by atoms with E-state index in [-0.39, 0.29) is 5.41 Å². The van der Waals surface area contributed by atoms with Crippen LogP contribution in [0, 0.1) is 0 Å². The lowest BCUT2D eigenvalue weighted by molar-refractivity contribution is 0.310. The number of rotatable bonds is 0. The number of aromatic nitrogens is 1. The number of nitrogens with one attached hydrogen (secondary N) is 1. The highest BCUT2D eigenvalue weighted by molar-refractivity contribution is 5.85. The Balaban J connectivity index is 2.14. The molecule has 18 heavy (non-hydrogen) atoms. The van der Waals surface area contributed by atoms with Gasteiger partial charge in [0.25, 0.3) is 0 Å². The lowest BCUT2D eigenvalue weighted by Crippen LogP contribution is -2.26. The Morgan fingerprint density at radius 3 is 2.72 bits per heavy atom. The third kappa shape index (κ3) is 1.85. The molecule has 3 rings (SSSR count). The third-order valence-electron chi connectivity index (χ3n) is 4.03. The number of nitrogens with zero attached hydrogens (tertiary/aromatic N) is 1. The summed E-state index contributed by atoms with van der Waals surface area (Å²) in [5, 5.41) is 1.42. The highest BCUT2D eigenvalue weighted by atomic mass is 15.1. The Hall–Kier alpha value is -1.28. The van der Waals surface area contributed by atoms with Gasteiger partial charge in [0, 0.05) is 29.7 Å². The number of fused-ring (bicyclic) bond motifs is 3. The Morgan fingerprint density at radius 1 is 1.22 bits per heavy atom. The molecule has 96 valence electrons. The van der Waals surface area contributed by atoms with Crippen LogP contribution in [-0.2, 0) is 18.4 Å². The van der Waals surface area contributed by atoms with Crippen LogP contribution in [0.5, 0.6) is 0 Å². The SMILES string of the molecule is CN1CCc2c([nH]c3cc(C(C)(C)C)ccc23)C1. The van der Waals surface area contributed by atoms with Gasteiger partial charge in [0.2, 0.25) is 0 Å². The lowest BCUT2D eigenvalue weighted by Gasteiger charge is -2.22. The van der Waals surface area contributed by atoms with Crippen LogP contribution in [-0.4, -0.2) is 23.5 Å². The van der Waals surface area contributed by atoms with Crippen LogP contribution in [0.4, 0.5) is 0 Å². The zero-order valence-corrected chi connectivity index (χ0v) is 11.8. The van der Waals surface area contributed by atoms with E-state index in [1.54, 1.807) is 0 Å². The number of aromatic amines is 1. The van der Waals surface area contributed by atoms with Gasteiger partial charge in [-0.3, -0.25) is 0 Å². The van der Waals surface area contributed by atoms with Crippen molar-refractivity contribution in [2.24, 2.45) is 0 Å². The number of H-pyrrole nitrogens is 1. The van der Waals surface area contributed by atoms with E-state index < -0.39 is 0 Å². The molecule has 2 heteroatoms. The first-order chi connectivity index (χ1) is 8.45. The van der Waals surface area contributed by atoms with Crippen LogP contribution in [0.25, 0.3) is 10.9 Å². The summed E-state index contributed by atoms with van der Waals surface area (Å²) in [4.78, 5) is 5.99. The quantitative estimate of drug-likeness (QED) is 0.749. The zero-order chi connectivity index (χ0) is 12.9. The van der Waals surface area contributed by atoms with Gasteiger partial charge in [-0.05, 0) is 36.1 Å². The maximum absolute atomic E-state index is 3.62. The smallest absolute Gasteiger partial charge is 0.0462 e. The van der Waals surface area contributed by atoms with E-state index in [1.807, 2.05) is 0 Å². The Morgan fingerprint density at radius 2 is 2.00 bits per heavy atom. The topological polar surface area (TPSA) is 19.0 Å². The molecule has 0 unspecified atom stereocenters. The van der Waals surface area contributed by atoms with Crippen LogP contribution in [0.2, 0.25) is 0 Å². The fourth-order valence-corrected chi connectivity index (χ4v) is 2.85. The zero-order valence-electron chi connectivity index (χ0n) is 11.8. The van der Waals surface area contributed by atoms with Gasteiger partial charge in [0.05, 0.1) is 0 Å². The number of hydrogen-bond acceptors (Lipinski definition) is 1. The van der Waals surface area contributed by atoms with Crippen LogP contribution >= 0.6 is 0 Å². The minimum atomic E-state index is 0.219. The van der Waals surface area contributed by atoms with Gasteiger partial charge in [-0.25, -0.2) is 0 Å². The highest BCUT2D eigenvalue weighted by Gasteiger charge is 2.20. The van der Waals surface area contributed by atoms with Gasteiger partial charge < -0.3 is 9.88 Å². The van der Waals surface area contributed by atoms with Crippen molar-refractivity contribution in [3.63, 3.8) is 0 Å². The molecular weight excluding hydrogens is 220 g/mol. The molecule has 2 nitrogen and oxygen atoms in total. The monoisotopic (exact) mass is 242 g/mol. The van der Waals surface area contributed by atoms with Gasteiger partial charge in [-0.1, -0.05) is 32.9 Å². The Bertz CT molecular complexity index is 587. The van der Waals surface area contributed by atoms with E-state index >= 15 is 0 Å². The standard InChI is InChI=1S/C16H22N2/c1-16(2,3)11-5-6-12-13-7-8-18(4)10-15(13)17-14(12)9-11/h5-6,9,17H,7-8,10H2,1-4H3. The summed E-state index contributed by atoms with van der Waals surface area (Å²) >= 11 is 0. The molecule has 0 atom stereocenters. The summed E-state index contributed by atoms with van der Waals surface area (Å²) in [6, 6.07) is 6.92. The Kier molecular flexibility index (Phi) is 2.53. The summed E-state index contributed by atoms with van der Waals surface area (Å²) in [5.41, 5.74) is 5.87. The molecule has 2 heterocycles. The maximum Gasteiger partial charge on any atom is 0.0462 e. The molecule has 0 spiro atoms. The molecule has 1 aliphatic heterocycles. The molecule has 0 fully saturated rings. The average molecular weight is 242 g/mol. The second kappa shape index (κ2) is 3.86. The molecule has 0 radical (unpaired) electrons. The molecule has 1 aromatic heterocycles. The third-order valence-corrected chi connectivity index (χ3v) is 4.03. The van der Waals surface area contributed by atoms with Crippen LogP contribution < -0.4 is 0 Å². The summed E-state index contributed by atoms with van der Waals surface area (Å²) in [6.45, 7) is 9.02. The molecule has 1 aliphatic rings. The first kappa shape index (κ1) is 11.8. The van der Waals surface area contributed by atoms with Crippen LogP contribution in [0.1, 0.15) is 37.6 Å². The lowest BCUT2D eigenvalue weighted by atomic mass is 9.86. The van der Waals surface area contributed by atoms with E-state index in [0.29, 0.717) is 0 Å². The summed E-state index contributed by atoms with van der Waals surface area (Å²) in [5.74, 6) is 0. The molecule has 0 amide bonds. The van der Waals surface area contributed by atoms with Crippen molar-refractivity contribution in [1.82, 2.24) is 9.88 Å². The fraction of sp³-hybridized carbons (Fsp3) is 0.500. The molecule has 1 aromatic carbocycles. The number of hydrogen-bond donors (Lipinski definition) is 1. The predicted molar refractivity (Wildman–Crippen MR) is 77.0 cm³/mol. The van der Waals surface area contributed by atoms with E-state index in [4.69, 9.17) is 0 Å². The highest BCUT2D eigenvalue weighted by Crippen LogP contribution is 2.31. The molecular formula is C16H22N2. The van der Waals surface area contributed by atoms with Crippen LogP contribution in [0.3, 0.4) is 0 Å².